The zero-order valence-electron chi connectivity index (χ0n) is 16.6. The van der Waals surface area contributed by atoms with Crippen LogP contribution in [-0.4, -0.2) is 58.8 Å². The fourth-order valence-electron chi connectivity index (χ4n) is 2.47. The van der Waals surface area contributed by atoms with Crippen LogP contribution < -0.4 is 16.0 Å². The van der Waals surface area contributed by atoms with E-state index in [2.05, 4.69) is 26.1 Å². The number of carbonyl (C=O) groups is 3. The standard InChI is InChI=1S/C17H25N5O4S3/c1-4-7-18-12(23)9-28-17-22-21-16(29-17)27-8-11-13(14(24)26-6-3)10(5-2)19-15(25)20-11/h10H,4-9H2,1-3H3,(H,18,23)(H2,19,20,25). The number of thioether (sulfide) groups is 2. The van der Waals surface area contributed by atoms with Gasteiger partial charge in [-0.3, -0.25) is 4.79 Å². The Hall–Kier alpha value is -1.79. The number of ether oxygens (including phenoxy) is 1. The summed E-state index contributed by atoms with van der Waals surface area (Å²) in [5.41, 5.74) is 0.959. The van der Waals surface area contributed by atoms with Gasteiger partial charge in [-0.2, -0.15) is 0 Å². The van der Waals surface area contributed by atoms with Crippen LogP contribution in [0, 0.1) is 0 Å². The van der Waals surface area contributed by atoms with Crippen molar-refractivity contribution in [3.8, 4) is 0 Å². The van der Waals surface area contributed by atoms with E-state index in [1.807, 2.05) is 13.8 Å². The molecule has 1 aromatic heterocycles. The number of nitrogens with one attached hydrogen (secondary N) is 3. The molecule has 0 saturated carbocycles. The van der Waals surface area contributed by atoms with Gasteiger partial charge in [0.2, 0.25) is 5.91 Å². The minimum absolute atomic E-state index is 0.0338. The molecule has 0 spiro atoms. The summed E-state index contributed by atoms with van der Waals surface area (Å²) in [4.78, 5) is 36.0. The van der Waals surface area contributed by atoms with Gasteiger partial charge in [-0.1, -0.05) is 48.7 Å². The molecule has 1 aliphatic heterocycles. The fourth-order valence-corrected chi connectivity index (χ4v) is 5.28. The van der Waals surface area contributed by atoms with E-state index in [0.29, 0.717) is 38.7 Å². The molecule has 1 aliphatic rings. The molecular weight excluding hydrogens is 434 g/mol. The highest BCUT2D eigenvalue weighted by molar-refractivity contribution is 8.03. The summed E-state index contributed by atoms with van der Waals surface area (Å²) in [6.07, 6.45) is 1.47. The van der Waals surface area contributed by atoms with Crippen LogP contribution in [0.4, 0.5) is 4.79 Å². The molecule has 1 unspecified atom stereocenters. The third kappa shape index (κ3) is 7.19. The van der Waals surface area contributed by atoms with Gasteiger partial charge >= 0.3 is 12.0 Å². The SMILES string of the molecule is CCCNC(=O)CSc1nnc(SCC2=C(C(=O)OCC)C(CC)NC(=O)N2)s1. The van der Waals surface area contributed by atoms with Crippen molar-refractivity contribution in [1.29, 1.82) is 0 Å². The van der Waals surface area contributed by atoms with Gasteiger partial charge in [0.05, 0.1) is 24.0 Å². The average molecular weight is 460 g/mol. The molecule has 3 N–H and O–H groups in total. The quantitative estimate of drug-likeness (QED) is 0.340. The van der Waals surface area contributed by atoms with Crippen molar-refractivity contribution in [2.24, 2.45) is 0 Å². The highest BCUT2D eigenvalue weighted by atomic mass is 32.2. The van der Waals surface area contributed by atoms with Gasteiger partial charge < -0.3 is 20.7 Å². The smallest absolute Gasteiger partial charge is 0.337 e. The zero-order valence-corrected chi connectivity index (χ0v) is 19.0. The Morgan fingerprint density at radius 2 is 1.93 bits per heavy atom. The molecule has 160 valence electrons. The van der Waals surface area contributed by atoms with Gasteiger partial charge in [-0.05, 0) is 19.8 Å². The minimum Gasteiger partial charge on any atom is -0.463 e. The lowest BCUT2D eigenvalue weighted by Gasteiger charge is -2.28. The van der Waals surface area contributed by atoms with E-state index in [4.69, 9.17) is 4.74 Å². The second-order valence-electron chi connectivity index (χ2n) is 5.93. The molecule has 0 fully saturated rings. The Labute approximate surface area is 182 Å². The number of urea groups is 1. The molecule has 0 aliphatic carbocycles. The van der Waals surface area contributed by atoms with Crippen LogP contribution in [0.15, 0.2) is 19.9 Å². The number of amides is 3. The van der Waals surface area contributed by atoms with Crippen molar-refractivity contribution in [3.63, 3.8) is 0 Å². The molecule has 0 bridgehead atoms. The van der Waals surface area contributed by atoms with Gasteiger partial charge in [0.1, 0.15) is 0 Å². The molecule has 12 heteroatoms. The number of nitrogens with zero attached hydrogens (tertiary/aromatic N) is 2. The molecule has 9 nitrogen and oxygen atoms in total. The lowest BCUT2D eigenvalue weighted by atomic mass is 10.0. The lowest BCUT2D eigenvalue weighted by Crippen LogP contribution is -2.50. The summed E-state index contributed by atoms with van der Waals surface area (Å²) in [7, 11) is 0. The Morgan fingerprint density at radius 3 is 2.59 bits per heavy atom. The van der Waals surface area contributed by atoms with Crippen molar-refractivity contribution in [2.75, 3.05) is 24.7 Å². The number of carbonyl (C=O) groups excluding carboxylic acids is 3. The summed E-state index contributed by atoms with van der Waals surface area (Å²) in [5.74, 6) is 0.175. The summed E-state index contributed by atoms with van der Waals surface area (Å²) in [6, 6.07) is -0.729. The van der Waals surface area contributed by atoms with Crippen LogP contribution in [-0.2, 0) is 14.3 Å². The maximum atomic E-state index is 12.4. The molecule has 0 aromatic carbocycles. The lowest BCUT2D eigenvalue weighted by molar-refractivity contribution is -0.139. The molecule has 0 radical (unpaired) electrons. The first kappa shape index (κ1) is 23.5. The van der Waals surface area contributed by atoms with E-state index in [9.17, 15) is 14.4 Å². The molecule has 3 amide bonds. The second-order valence-corrected chi connectivity index (χ2v) is 9.36. The largest absolute Gasteiger partial charge is 0.463 e. The van der Waals surface area contributed by atoms with Crippen LogP contribution in [0.3, 0.4) is 0 Å². The normalized spacial score (nSPS) is 16.2. The van der Waals surface area contributed by atoms with Crippen molar-refractivity contribution < 1.29 is 19.1 Å². The highest BCUT2D eigenvalue weighted by Crippen LogP contribution is 2.30. The summed E-state index contributed by atoms with van der Waals surface area (Å²) in [6.45, 7) is 6.55. The summed E-state index contributed by atoms with van der Waals surface area (Å²) < 4.78 is 6.54. The summed E-state index contributed by atoms with van der Waals surface area (Å²) in [5, 5.41) is 16.5. The average Bonchev–Trinajstić information content (AvgIpc) is 3.16. The van der Waals surface area contributed by atoms with Crippen LogP contribution >= 0.6 is 34.9 Å². The Kier molecular flexibility index (Phi) is 9.74. The monoisotopic (exact) mass is 459 g/mol. The molecule has 2 rings (SSSR count). The van der Waals surface area contributed by atoms with E-state index < -0.39 is 5.97 Å². The van der Waals surface area contributed by atoms with E-state index in [0.717, 1.165) is 6.42 Å². The Balaban J connectivity index is 2.00. The second kappa shape index (κ2) is 12.0. The van der Waals surface area contributed by atoms with Gasteiger partial charge in [0, 0.05) is 18.0 Å². The van der Waals surface area contributed by atoms with E-state index in [-0.39, 0.29) is 30.3 Å². The predicted molar refractivity (Wildman–Crippen MR) is 114 cm³/mol. The molecule has 1 atom stereocenters. The van der Waals surface area contributed by atoms with Crippen LogP contribution in [0.5, 0.6) is 0 Å². The number of hydrogen-bond donors (Lipinski definition) is 3. The number of aromatic nitrogens is 2. The maximum Gasteiger partial charge on any atom is 0.337 e. The Morgan fingerprint density at radius 1 is 1.21 bits per heavy atom. The van der Waals surface area contributed by atoms with Gasteiger partial charge in [-0.15, -0.1) is 10.2 Å². The van der Waals surface area contributed by atoms with Crippen molar-refractivity contribution in [2.45, 2.75) is 48.3 Å². The first-order chi connectivity index (χ1) is 14.0. The van der Waals surface area contributed by atoms with Gasteiger partial charge in [0.25, 0.3) is 0 Å². The summed E-state index contributed by atoms with van der Waals surface area (Å²) >= 11 is 4.08. The third-order valence-corrected chi connectivity index (χ3v) is 6.99. The van der Waals surface area contributed by atoms with Crippen LogP contribution in [0.1, 0.15) is 33.6 Å². The molecular formula is C17H25N5O4S3. The van der Waals surface area contributed by atoms with Gasteiger partial charge in [-0.25, -0.2) is 9.59 Å². The van der Waals surface area contributed by atoms with Crippen LogP contribution in [0.2, 0.25) is 0 Å². The van der Waals surface area contributed by atoms with Crippen LogP contribution in [0.25, 0.3) is 0 Å². The zero-order chi connectivity index (χ0) is 21.2. The van der Waals surface area contributed by atoms with E-state index in [1.54, 1.807) is 6.92 Å². The van der Waals surface area contributed by atoms with Crippen molar-refractivity contribution >= 4 is 52.8 Å². The van der Waals surface area contributed by atoms with Gasteiger partial charge in [0.15, 0.2) is 8.68 Å². The minimum atomic E-state index is -0.436. The molecule has 1 aromatic rings. The molecule has 29 heavy (non-hydrogen) atoms. The highest BCUT2D eigenvalue weighted by Gasteiger charge is 2.31. The molecule has 0 saturated heterocycles. The predicted octanol–water partition coefficient (Wildman–Crippen LogP) is 2.16. The van der Waals surface area contributed by atoms with E-state index >= 15 is 0 Å². The van der Waals surface area contributed by atoms with E-state index in [1.165, 1.54) is 34.9 Å². The maximum absolute atomic E-state index is 12.4. The number of rotatable bonds is 11. The Bertz CT molecular complexity index is 768. The molecule has 2 heterocycles. The topological polar surface area (TPSA) is 122 Å². The fraction of sp³-hybridized carbons (Fsp3) is 0.588. The first-order valence-electron chi connectivity index (χ1n) is 9.31. The number of hydrogen-bond acceptors (Lipinski definition) is 9. The first-order valence-corrected chi connectivity index (χ1v) is 12.1. The van der Waals surface area contributed by atoms with Crippen molar-refractivity contribution in [1.82, 2.24) is 26.1 Å². The van der Waals surface area contributed by atoms with Crippen molar-refractivity contribution in [3.05, 3.63) is 11.3 Å². The number of esters is 1. The third-order valence-electron chi connectivity index (χ3n) is 3.77.